The van der Waals surface area contributed by atoms with E-state index in [9.17, 15) is 9.18 Å². The van der Waals surface area contributed by atoms with Crippen molar-refractivity contribution in [1.82, 2.24) is 14.9 Å². The third kappa shape index (κ3) is 4.08. The van der Waals surface area contributed by atoms with Crippen LogP contribution in [0.25, 0.3) is 10.9 Å². The Labute approximate surface area is 154 Å². The quantitative estimate of drug-likeness (QED) is 0.496. The summed E-state index contributed by atoms with van der Waals surface area (Å²) in [5.41, 5.74) is 1.15. The molecule has 128 valence electrons. The minimum absolute atomic E-state index is 0.120. The van der Waals surface area contributed by atoms with E-state index in [1.807, 2.05) is 24.3 Å². The Balaban J connectivity index is 1.68. The van der Waals surface area contributed by atoms with Crippen LogP contribution in [0.1, 0.15) is 5.56 Å². The largest absolute Gasteiger partial charge is 0.341 e. The van der Waals surface area contributed by atoms with Gasteiger partial charge in [-0.25, -0.2) is 14.4 Å². The van der Waals surface area contributed by atoms with E-state index in [4.69, 9.17) is 11.6 Å². The molecule has 0 saturated heterocycles. The summed E-state index contributed by atoms with van der Waals surface area (Å²) in [6, 6.07) is 12.1. The molecule has 3 rings (SSSR count). The Hall–Kier alpha value is -2.18. The average molecular weight is 376 g/mol. The summed E-state index contributed by atoms with van der Waals surface area (Å²) in [5.74, 6) is -0.350. The van der Waals surface area contributed by atoms with Crippen LogP contribution in [0, 0.1) is 5.82 Å². The fraction of sp³-hybridized carbons (Fsp3) is 0.167. The summed E-state index contributed by atoms with van der Waals surface area (Å²) >= 11 is 7.35. The molecular formula is C18H15ClFN3OS. The maximum absolute atomic E-state index is 13.9. The molecule has 7 heteroatoms. The van der Waals surface area contributed by atoms with Gasteiger partial charge in [0.1, 0.15) is 17.2 Å². The topological polar surface area (TPSA) is 46.1 Å². The van der Waals surface area contributed by atoms with Crippen LogP contribution in [0.4, 0.5) is 4.39 Å². The van der Waals surface area contributed by atoms with E-state index in [-0.39, 0.29) is 18.2 Å². The molecule has 0 aliphatic heterocycles. The number of thioether (sulfide) groups is 1. The van der Waals surface area contributed by atoms with Crippen LogP contribution in [0.2, 0.25) is 5.02 Å². The van der Waals surface area contributed by atoms with Gasteiger partial charge in [-0.2, -0.15) is 0 Å². The number of benzene rings is 2. The molecule has 0 radical (unpaired) electrons. The molecule has 1 amide bonds. The van der Waals surface area contributed by atoms with E-state index in [0.717, 1.165) is 15.9 Å². The zero-order chi connectivity index (χ0) is 17.8. The minimum atomic E-state index is -0.415. The van der Waals surface area contributed by atoms with E-state index in [1.165, 1.54) is 29.1 Å². The molecule has 0 unspecified atom stereocenters. The maximum Gasteiger partial charge on any atom is 0.233 e. The normalized spacial score (nSPS) is 10.8. The van der Waals surface area contributed by atoms with Crippen LogP contribution in [0.3, 0.4) is 0 Å². The molecule has 0 aliphatic carbocycles. The van der Waals surface area contributed by atoms with Gasteiger partial charge in [0.2, 0.25) is 5.91 Å². The molecule has 0 atom stereocenters. The number of para-hydroxylation sites is 1. The Morgan fingerprint density at radius 2 is 2.00 bits per heavy atom. The zero-order valence-electron chi connectivity index (χ0n) is 13.4. The fourth-order valence-electron chi connectivity index (χ4n) is 2.34. The van der Waals surface area contributed by atoms with Gasteiger partial charge in [-0.1, -0.05) is 47.6 Å². The van der Waals surface area contributed by atoms with Crippen LogP contribution in [0.5, 0.6) is 0 Å². The van der Waals surface area contributed by atoms with Gasteiger partial charge in [-0.3, -0.25) is 4.79 Å². The van der Waals surface area contributed by atoms with Gasteiger partial charge in [0.05, 0.1) is 11.3 Å². The highest BCUT2D eigenvalue weighted by Gasteiger charge is 2.15. The lowest BCUT2D eigenvalue weighted by Crippen LogP contribution is -2.28. The molecule has 3 aromatic rings. The first-order valence-corrected chi connectivity index (χ1v) is 8.92. The number of carbonyl (C=O) groups excluding carboxylic acids is 1. The predicted molar refractivity (Wildman–Crippen MR) is 98.1 cm³/mol. The number of aromatic nitrogens is 2. The van der Waals surface area contributed by atoms with Gasteiger partial charge < -0.3 is 4.90 Å². The van der Waals surface area contributed by atoms with E-state index in [1.54, 1.807) is 19.2 Å². The third-order valence-electron chi connectivity index (χ3n) is 3.72. The molecule has 1 aromatic heterocycles. The van der Waals surface area contributed by atoms with Gasteiger partial charge in [0, 0.05) is 29.6 Å². The highest BCUT2D eigenvalue weighted by Crippen LogP contribution is 2.25. The highest BCUT2D eigenvalue weighted by atomic mass is 35.5. The summed E-state index contributed by atoms with van der Waals surface area (Å²) in [7, 11) is 1.63. The van der Waals surface area contributed by atoms with Gasteiger partial charge in [0.25, 0.3) is 0 Å². The minimum Gasteiger partial charge on any atom is -0.341 e. The Bertz CT molecular complexity index is 896. The van der Waals surface area contributed by atoms with Crippen LogP contribution >= 0.6 is 23.4 Å². The molecule has 0 saturated carbocycles. The van der Waals surface area contributed by atoms with Crippen molar-refractivity contribution in [3.63, 3.8) is 0 Å². The molecular weight excluding hydrogens is 361 g/mol. The predicted octanol–water partition coefficient (Wildman–Crippen LogP) is 4.17. The van der Waals surface area contributed by atoms with Crippen molar-refractivity contribution in [2.75, 3.05) is 12.8 Å². The van der Waals surface area contributed by atoms with Gasteiger partial charge >= 0.3 is 0 Å². The van der Waals surface area contributed by atoms with Crippen LogP contribution in [-0.4, -0.2) is 33.6 Å². The fourth-order valence-corrected chi connectivity index (χ4v) is 3.50. The van der Waals surface area contributed by atoms with Crippen LogP contribution in [0.15, 0.2) is 53.8 Å². The second kappa shape index (κ2) is 7.80. The maximum atomic E-state index is 13.9. The first-order chi connectivity index (χ1) is 12.1. The molecule has 0 spiro atoms. The number of rotatable bonds is 5. The first-order valence-electron chi connectivity index (χ1n) is 7.55. The number of fused-ring (bicyclic) bond motifs is 1. The van der Waals surface area contributed by atoms with E-state index in [2.05, 4.69) is 9.97 Å². The first kappa shape index (κ1) is 17.6. The number of hydrogen-bond donors (Lipinski definition) is 0. The number of carbonyl (C=O) groups is 1. The van der Waals surface area contributed by atoms with Crippen molar-refractivity contribution < 1.29 is 9.18 Å². The molecule has 0 N–H and O–H groups in total. The van der Waals surface area contributed by atoms with Gasteiger partial charge in [-0.05, 0) is 18.2 Å². The van der Waals surface area contributed by atoms with Crippen molar-refractivity contribution >= 4 is 40.2 Å². The Kier molecular flexibility index (Phi) is 5.50. The SMILES string of the molecule is CN(Cc1c(F)cccc1Cl)C(=O)CSc1ncnc2ccccc12. The van der Waals surface area contributed by atoms with Gasteiger partial charge in [0.15, 0.2) is 0 Å². The monoisotopic (exact) mass is 375 g/mol. The molecule has 0 fully saturated rings. The van der Waals surface area contributed by atoms with E-state index >= 15 is 0 Å². The summed E-state index contributed by atoms with van der Waals surface area (Å²) in [5, 5.41) is 1.97. The van der Waals surface area contributed by atoms with E-state index in [0.29, 0.717) is 10.6 Å². The number of halogens is 2. The lowest BCUT2D eigenvalue weighted by Gasteiger charge is -2.18. The van der Waals surface area contributed by atoms with Gasteiger partial charge in [-0.15, -0.1) is 0 Å². The summed E-state index contributed by atoms with van der Waals surface area (Å²) in [6.07, 6.45) is 1.48. The smallest absolute Gasteiger partial charge is 0.233 e. The Morgan fingerprint density at radius 1 is 1.20 bits per heavy atom. The molecule has 0 bridgehead atoms. The third-order valence-corrected chi connectivity index (χ3v) is 5.07. The van der Waals surface area contributed by atoms with Crippen molar-refractivity contribution in [3.05, 3.63) is 65.2 Å². The zero-order valence-corrected chi connectivity index (χ0v) is 15.0. The summed E-state index contributed by atoms with van der Waals surface area (Å²) < 4.78 is 13.9. The molecule has 25 heavy (non-hydrogen) atoms. The van der Waals surface area contributed by atoms with Crippen molar-refractivity contribution in [3.8, 4) is 0 Å². The van der Waals surface area contributed by atoms with Crippen molar-refractivity contribution in [1.29, 1.82) is 0 Å². The number of amides is 1. The van der Waals surface area contributed by atoms with Crippen molar-refractivity contribution in [2.45, 2.75) is 11.6 Å². The average Bonchev–Trinajstić information content (AvgIpc) is 2.62. The van der Waals surface area contributed by atoms with Crippen molar-refractivity contribution in [2.24, 2.45) is 0 Å². The van der Waals surface area contributed by atoms with Crippen LogP contribution < -0.4 is 0 Å². The van der Waals surface area contributed by atoms with E-state index < -0.39 is 5.82 Å². The standard InChI is InChI=1S/C18H15ClFN3OS/c1-23(9-13-14(19)6-4-7-15(13)20)17(24)10-25-18-12-5-2-3-8-16(12)21-11-22-18/h2-8,11H,9-10H2,1H3. The number of hydrogen-bond acceptors (Lipinski definition) is 4. The molecule has 4 nitrogen and oxygen atoms in total. The summed E-state index contributed by atoms with van der Waals surface area (Å²) in [6.45, 7) is 0.120. The second-order valence-electron chi connectivity index (χ2n) is 5.43. The molecule has 0 aliphatic rings. The molecule has 2 aromatic carbocycles. The lowest BCUT2D eigenvalue weighted by atomic mass is 10.2. The van der Waals surface area contributed by atoms with Crippen LogP contribution in [-0.2, 0) is 11.3 Å². The summed E-state index contributed by atoms with van der Waals surface area (Å²) in [4.78, 5) is 22.3. The lowest BCUT2D eigenvalue weighted by molar-refractivity contribution is -0.127. The number of nitrogens with zero attached hydrogens (tertiary/aromatic N) is 3. The Morgan fingerprint density at radius 3 is 2.80 bits per heavy atom. The molecule has 1 heterocycles. The second-order valence-corrected chi connectivity index (χ2v) is 6.81. The highest BCUT2D eigenvalue weighted by molar-refractivity contribution is 8.00.